The number of methoxy groups -OCH3 is 2. The van der Waals surface area contributed by atoms with E-state index in [4.69, 9.17) is 23.7 Å². The highest BCUT2D eigenvalue weighted by Gasteiger charge is 2.61. The maximum atomic E-state index is 10.00. The van der Waals surface area contributed by atoms with E-state index < -0.39 is 48.9 Å². The summed E-state index contributed by atoms with van der Waals surface area (Å²) in [5.41, 5.74) is 0. The summed E-state index contributed by atoms with van der Waals surface area (Å²) < 4.78 is 27.4. The summed E-state index contributed by atoms with van der Waals surface area (Å²) >= 11 is 0. The Morgan fingerprint density at radius 3 is 1.95 bits per heavy atom. The summed E-state index contributed by atoms with van der Waals surface area (Å²) in [6.45, 7) is 2.84. The molecule has 0 spiro atoms. The van der Waals surface area contributed by atoms with Crippen molar-refractivity contribution < 1.29 is 39.0 Å². The number of ether oxygens (including phenoxy) is 5. The van der Waals surface area contributed by atoms with Gasteiger partial charge in [-0.25, -0.2) is 0 Å². The van der Waals surface area contributed by atoms with Crippen molar-refractivity contribution in [2.75, 3.05) is 20.8 Å². The highest BCUT2D eigenvalue weighted by Crippen LogP contribution is 2.43. The first-order valence-corrected chi connectivity index (χ1v) is 6.40. The smallest absolute Gasteiger partial charge is 0.220 e. The van der Waals surface area contributed by atoms with Crippen LogP contribution in [0.2, 0.25) is 0 Å². The van der Waals surface area contributed by atoms with Crippen molar-refractivity contribution in [3.05, 3.63) is 0 Å². The summed E-state index contributed by atoms with van der Waals surface area (Å²) in [5.74, 6) is -2.55. The molecule has 0 unspecified atom stereocenters. The van der Waals surface area contributed by atoms with Gasteiger partial charge in [0.25, 0.3) is 0 Å². The van der Waals surface area contributed by atoms with Crippen molar-refractivity contribution in [1.82, 2.24) is 0 Å². The van der Waals surface area contributed by atoms with E-state index in [0.29, 0.717) is 0 Å². The lowest BCUT2D eigenvalue weighted by atomic mass is 9.94. The van der Waals surface area contributed by atoms with Crippen molar-refractivity contribution in [3.8, 4) is 0 Å². The van der Waals surface area contributed by atoms with Gasteiger partial charge in [-0.1, -0.05) is 0 Å². The first-order valence-electron chi connectivity index (χ1n) is 6.40. The van der Waals surface area contributed by atoms with E-state index in [-0.39, 0.29) is 0 Å². The Morgan fingerprint density at radius 1 is 1.00 bits per heavy atom. The molecule has 0 bridgehead atoms. The van der Waals surface area contributed by atoms with Crippen LogP contribution in [0, 0.1) is 0 Å². The zero-order valence-electron chi connectivity index (χ0n) is 12.0. The zero-order valence-corrected chi connectivity index (χ0v) is 12.0. The lowest BCUT2D eigenvalue weighted by Crippen LogP contribution is -2.72. The molecule has 0 radical (unpaired) electrons. The molecular formula is C12H22O8. The molecule has 2 saturated heterocycles. The fraction of sp³-hybridized carbons (Fsp3) is 1.00. The molecule has 0 aromatic carbocycles. The molecule has 20 heavy (non-hydrogen) atoms. The first kappa shape index (κ1) is 16.1. The number of fused-ring (bicyclic) bond motifs is 1. The molecule has 3 N–H and O–H groups in total. The molecule has 2 fully saturated rings. The fourth-order valence-electron chi connectivity index (χ4n) is 2.53. The average molecular weight is 294 g/mol. The van der Waals surface area contributed by atoms with Crippen molar-refractivity contribution in [2.24, 2.45) is 0 Å². The SMILES string of the molecule is CO[C@]1(C)O[C@@H]2[C@@H](O)[C@H](O)O[C@H](CO)[C@H]2O[C@@]1(C)OC. The Kier molecular flexibility index (Phi) is 4.39. The Morgan fingerprint density at radius 2 is 1.50 bits per heavy atom. The lowest BCUT2D eigenvalue weighted by molar-refractivity contribution is -0.478. The van der Waals surface area contributed by atoms with Crippen LogP contribution in [0.1, 0.15) is 13.8 Å². The Balaban J connectivity index is 2.33. The maximum Gasteiger partial charge on any atom is 0.220 e. The summed E-state index contributed by atoms with van der Waals surface area (Å²) in [4.78, 5) is 0. The van der Waals surface area contributed by atoms with Crippen molar-refractivity contribution in [1.29, 1.82) is 0 Å². The quantitative estimate of drug-likeness (QED) is 0.581. The van der Waals surface area contributed by atoms with Gasteiger partial charge in [-0.15, -0.1) is 0 Å². The monoisotopic (exact) mass is 294 g/mol. The first-order chi connectivity index (χ1) is 9.31. The molecule has 8 heteroatoms. The molecule has 118 valence electrons. The van der Waals surface area contributed by atoms with Crippen LogP contribution in [0.15, 0.2) is 0 Å². The Hall–Kier alpha value is -0.320. The molecular weight excluding hydrogens is 272 g/mol. The third-order valence-electron chi connectivity index (χ3n) is 4.14. The van der Waals surface area contributed by atoms with Crippen LogP contribution in [-0.4, -0.2) is 78.4 Å². The summed E-state index contributed by atoms with van der Waals surface area (Å²) in [7, 11) is 2.86. The normalized spacial score (nSPS) is 52.6. The number of aliphatic hydroxyl groups is 3. The third-order valence-corrected chi connectivity index (χ3v) is 4.14. The minimum absolute atomic E-state index is 0.391. The molecule has 2 heterocycles. The van der Waals surface area contributed by atoms with E-state index in [9.17, 15) is 15.3 Å². The second kappa shape index (κ2) is 5.47. The Labute approximate surface area is 117 Å². The van der Waals surface area contributed by atoms with E-state index >= 15 is 0 Å². The summed E-state index contributed by atoms with van der Waals surface area (Å²) in [6, 6.07) is 0. The van der Waals surface area contributed by atoms with E-state index in [1.54, 1.807) is 13.8 Å². The van der Waals surface area contributed by atoms with Gasteiger partial charge in [-0.3, -0.25) is 0 Å². The van der Waals surface area contributed by atoms with Gasteiger partial charge in [-0.2, -0.15) is 0 Å². The zero-order chi connectivity index (χ0) is 15.1. The van der Waals surface area contributed by atoms with Gasteiger partial charge in [0.2, 0.25) is 11.6 Å². The minimum atomic E-state index is -1.47. The molecule has 7 atom stereocenters. The van der Waals surface area contributed by atoms with E-state index in [0.717, 1.165) is 0 Å². The van der Waals surface area contributed by atoms with Crippen LogP contribution in [0.25, 0.3) is 0 Å². The lowest BCUT2D eigenvalue weighted by Gasteiger charge is -2.56. The molecule has 2 aliphatic rings. The molecule has 2 rings (SSSR count). The van der Waals surface area contributed by atoms with Gasteiger partial charge in [0.15, 0.2) is 6.29 Å². The predicted octanol–water partition coefficient (Wildman–Crippen LogP) is -1.43. The van der Waals surface area contributed by atoms with Gasteiger partial charge in [0.05, 0.1) is 6.61 Å². The van der Waals surface area contributed by atoms with Gasteiger partial charge in [-0.05, 0) is 13.8 Å². The standard InChI is InChI=1S/C12H22O8/c1-11(16-3)12(2,17-4)20-9-7(14)10(15)18-6(5-13)8(9)19-11/h6-10,13-15H,5H2,1-4H3/t6-,7-,8-,9-,10-,11-,12-/m1/s1. The number of aliphatic hydroxyl groups excluding tert-OH is 3. The minimum Gasteiger partial charge on any atom is -0.394 e. The average Bonchev–Trinajstić information content (AvgIpc) is 2.45. The topological polar surface area (TPSA) is 107 Å². The molecule has 0 aliphatic carbocycles. The second-order valence-corrected chi connectivity index (χ2v) is 5.20. The van der Waals surface area contributed by atoms with Crippen LogP contribution in [-0.2, 0) is 23.7 Å². The van der Waals surface area contributed by atoms with Gasteiger partial charge in [0, 0.05) is 14.2 Å². The molecule has 0 saturated carbocycles. The summed E-state index contributed by atoms with van der Waals surface area (Å²) in [6.07, 6.45) is -5.34. The summed E-state index contributed by atoms with van der Waals surface area (Å²) in [5, 5.41) is 29.0. The van der Waals surface area contributed by atoms with Crippen LogP contribution >= 0.6 is 0 Å². The van der Waals surface area contributed by atoms with Crippen molar-refractivity contribution in [2.45, 2.75) is 56.1 Å². The van der Waals surface area contributed by atoms with Crippen molar-refractivity contribution in [3.63, 3.8) is 0 Å². The fourth-order valence-corrected chi connectivity index (χ4v) is 2.53. The van der Waals surface area contributed by atoms with Crippen LogP contribution in [0.4, 0.5) is 0 Å². The Bertz CT molecular complexity index is 334. The molecule has 8 nitrogen and oxygen atoms in total. The highest BCUT2D eigenvalue weighted by atomic mass is 16.8. The van der Waals surface area contributed by atoms with Gasteiger partial charge < -0.3 is 39.0 Å². The maximum absolute atomic E-state index is 10.00. The number of rotatable bonds is 3. The van der Waals surface area contributed by atoms with E-state index in [2.05, 4.69) is 0 Å². The third kappa shape index (κ3) is 2.26. The highest BCUT2D eigenvalue weighted by molar-refractivity contribution is 4.99. The van der Waals surface area contributed by atoms with Crippen LogP contribution < -0.4 is 0 Å². The molecule has 0 aromatic heterocycles. The number of hydrogen-bond donors (Lipinski definition) is 3. The van der Waals surface area contributed by atoms with E-state index in [1.807, 2.05) is 0 Å². The van der Waals surface area contributed by atoms with Crippen LogP contribution in [0.3, 0.4) is 0 Å². The largest absolute Gasteiger partial charge is 0.394 e. The van der Waals surface area contributed by atoms with Gasteiger partial charge >= 0.3 is 0 Å². The predicted molar refractivity (Wildman–Crippen MR) is 64.5 cm³/mol. The van der Waals surface area contributed by atoms with E-state index in [1.165, 1.54) is 14.2 Å². The van der Waals surface area contributed by atoms with Gasteiger partial charge in [0.1, 0.15) is 24.4 Å². The molecule has 2 aliphatic heterocycles. The molecule has 0 amide bonds. The molecule has 0 aromatic rings. The number of hydrogen-bond acceptors (Lipinski definition) is 8. The van der Waals surface area contributed by atoms with Crippen molar-refractivity contribution >= 4 is 0 Å². The van der Waals surface area contributed by atoms with Crippen LogP contribution in [0.5, 0.6) is 0 Å². The second-order valence-electron chi connectivity index (χ2n) is 5.20.